The number of carboxylic acids is 1. The van der Waals surface area contributed by atoms with E-state index >= 15 is 0 Å². The quantitative estimate of drug-likeness (QED) is 0.568. The average molecular weight is 276 g/mol. The molecule has 3 N–H and O–H groups in total. The number of carbonyl (C=O) groups excluding carboxylic acids is 1. The van der Waals surface area contributed by atoms with Gasteiger partial charge in [0, 0.05) is 12.6 Å². The smallest absolute Gasteiger partial charge is 0.339 e. The molecule has 1 aromatic rings. The third kappa shape index (κ3) is 2.90. The number of carboxylic acid groups (broad SMARTS) is 1. The van der Waals surface area contributed by atoms with Crippen LogP contribution in [0.1, 0.15) is 23.2 Å². The Bertz CT molecular complexity index is 552. The molecular formula is C14H16N2O4. The molecule has 0 unspecified atom stereocenters. The molecule has 6 nitrogen and oxygen atoms in total. The van der Waals surface area contributed by atoms with Crippen molar-refractivity contribution in [1.82, 2.24) is 4.90 Å². The zero-order chi connectivity index (χ0) is 14.7. The van der Waals surface area contributed by atoms with Gasteiger partial charge in [-0.05, 0) is 25.0 Å². The zero-order valence-electron chi connectivity index (χ0n) is 10.9. The summed E-state index contributed by atoms with van der Waals surface area (Å²) < 4.78 is 0. The second kappa shape index (κ2) is 5.64. The number of rotatable bonds is 5. The van der Waals surface area contributed by atoms with Crippen LogP contribution < -0.4 is 5.32 Å². The fraction of sp³-hybridized carbons (Fsp3) is 0.286. The highest BCUT2D eigenvalue weighted by Crippen LogP contribution is 2.30. The van der Waals surface area contributed by atoms with E-state index in [1.807, 2.05) is 0 Å². The highest BCUT2D eigenvalue weighted by molar-refractivity contribution is 5.97. The van der Waals surface area contributed by atoms with E-state index < -0.39 is 11.7 Å². The maximum atomic E-state index is 12.1. The normalized spacial score (nSPS) is 13.6. The average Bonchev–Trinajstić information content (AvgIpc) is 3.22. The van der Waals surface area contributed by atoms with Crippen molar-refractivity contribution in [2.45, 2.75) is 18.9 Å². The molecule has 1 aromatic carbocycles. The van der Waals surface area contributed by atoms with Crippen LogP contribution in [0.5, 0.6) is 5.75 Å². The van der Waals surface area contributed by atoms with Crippen LogP contribution in [-0.4, -0.2) is 39.7 Å². The Morgan fingerprint density at radius 2 is 2.15 bits per heavy atom. The molecule has 1 aliphatic carbocycles. The summed E-state index contributed by atoms with van der Waals surface area (Å²) in [5.41, 5.74) is -0.158. The van der Waals surface area contributed by atoms with Crippen molar-refractivity contribution in [2.24, 2.45) is 0 Å². The van der Waals surface area contributed by atoms with Gasteiger partial charge < -0.3 is 20.4 Å². The fourth-order valence-electron chi connectivity index (χ4n) is 1.93. The van der Waals surface area contributed by atoms with Gasteiger partial charge in [0.15, 0.2) is 5.75 Å². The number of aromatic carboxylic acids is 1. The molecular weight excluding hydrogens is 260 g/mol. The number of hydrogen-bond acceptors (Lipinski definition) is 3. The minimum Gasteiger partial charge on any atom is -0.505 e. The number of anilines is 1. The molecule has 0 atom stereocenters. The minimum absolute atomic E-state index is 0.0876. The predicted octanol–water partition coefficient (Wildman–Crippen LogP) is 2.27. The molecule has 0 heterocycles. The first-order valence-electron chi connectivity index (χ1n) is 6.28. The standard InChI is InChI=1S/C14H16N2O4/c1-2-8-16(9-6-7-9)14(20)15-11-5-3-4-10(12(11)17)13(18)19/h2-5,9,17H,1,6-8H2,(H,15,20)(H,18,19). The second-order valence-electron chi connectivity index (χ2n) is 4.61. The number of nitrogens with one attached hydrogen (secondary N) is 1. The lowest BCUT2D eigenvalue weighted by Gasteiger charge is -2.21. The van der Waals surface area contributed by atoms with Gasteiger partial charge in [-0.1, -0.05) is 12.1 Å². The van der Waals surface area contributed by atoms with E-state index in [4.69, 9.17) is 5.11 Å². The lowest BCUT2D eigenvalue weighted by Crippen LogP contribution is -2.36. The molecule has 0 aromatic heterocycles. The number of carbonyl (C=O) groups is 2. The third-order valence-corrected chi connectivity index (χ3v) is 3.08. The Morgan fingerprint density at radius 3 is 2.70 bits per heavy atom. The Balaban J connectivity index is 2.16. The predicted molar refractivity (Wildman–Crippen MR) is 74.0 cm³/mol. The summed E-state index contributed by atoms with van der Waals surface area (Å²) in [5, 5.41) is 21.3. The van der Waals surface area contributed by atoms with Gasteiger partial charge in [-0.25, -0.2) is 9.59 Å². The van der Waals surface area contributed by atoms with Gasteiger partial charge in [0.2, 0.25) is 0 Å². The van der Waals surface area contributed by atoms with E-state index in [1.165, 1.54) is 18.2 Å². The first-order valence-corrected chi connectivity index (χ1v) is 6.28. The van der Waals surface area contributed by atoms with Gasteiger partial charge in [0.25, 0.3) is 0 Å². The van der Waals surface area contributed by atoms with Crippen molar-refractivity contribution >= 4 is 17.7 Å². The molecule has 1 fully saturated rings. The number of benzene rings is 1. The SMILES string of the molecule is C=CCN(C(=O)Nc1cccc(C(=O)O)c1O)C1CC1. The lowest BCUT2D eigenvalue weighted by molar-refractivity contribution is 0.0693. The molecule has 0 radical (unpaired) electrons. The van der Waals surface area contributed by atoms with Gasteiger partial charge >= 0.3 is 12.0 Å². The number of urea groups is 1. The molecule has 0 aliphatic heterocycles. The molecule has 2 amide bonds. The summed E-state index contributed by atoms with van der Waals surface area (Å²) in [5.74, 6) is -1.69. The van der Waals surface area contributed by atoms with E-state index in [1.54, 1.807) is 11.0 Å². The largest absolute Gasteiger partial charge is 0.505 e. The van der Waals surface area contributed by atoms with Gasteiger partial charge in [-0.15, -0.1) is 6.58 Å². The van der Waals surface area contributed by atoms with E-state index in [2.05, 4.69) is 11.9 Å². The van der Waals surface area contributed by atoms with Crippen molar-refractivity contribution in [2.75, 3.05) is 11.9 Å². The summed E-state index contributed by atoms with van der Waals surface area (Å²) >= 11 is 0. The highest BCUT2D eigenvalue weighted by atomic mass is 16.4. The van der Waals surface area contributed by atoms with Crippen LogP contribution in [0, 0.1) is 0 Å². The number of nitrogens with zero attached hydrogens (tertiary/aromatic N) is 1. The number of aromatic hydroxyl groups is 1. The van der Waals surface area contributed by atoms with Crippen molar-refractivity contribution < 1.29 is 19.8 Å². The topological polar surface area (TPSA) is 89.9 Å². The van der Waals surface area contributed by atoms with Crippen LogP contribution in [0.3, 0.4) is 0 Å². The molecule has 2 rings (SSSR count). The zero-order valence-corrected chi connectivity index (χ0v) is 10.9. The van der Waals surface area contributed by atoms with Crippen molar-refractivity contribution in [3.05, 3.63) is 36.4 Å². The molecule has 0 saturated heterocycles. The van der Waals surface area contributed by atoms with Gasteiger partial charge in [-0.2, -0.15) is 0 Å². The van der Waals surface area contributed by atoms with E-state index in [-0.39, 0.29) is 23.3 Å². The van der Waals surface area contributed by atoms with Crippen LogP contribution in [0.25, 0.3) is 0 Å². The summed E-state index contributed by atoms with van der Waals surface area (Å²) in [7, 11) is 0. The maximum absolute atomic E-state index is 12.1. The molecule has 6 heteroatoms. The molecule has 106 valence electrons. The Kier molecular flexibility index (Phi) is 3.93. The van der Waals surface area contributed by atoms with Crippen molar-refractivity contribution in [1.29, 1.82) is 0 Å². The van der Waals surface area contributed by atoms with E-state index in [0.29, 0.717) is 6.54 Å². The number of amides is 2. The van der Waals surface area contributed by atoms with Crippen molar-refractivity contribution in [3.8, 4) is 5.75 Å². The summed E-state index contributed by atoms with van der Waals surface area (Å²) in [6, 6.07) is 4.02. The highest BCUT2D eigenvalue weighted by Gasteiger charge is 2.32. The summed E-state index contributed by atoms with van der Waals surface area (Å²) in [6.07, 6.45) is 3.52. The lowest BCUT2D eigenvalue weighted by atomic mass is 10.1. The molecule has 1 saturated carbocycles. The molecule has 0 spiro atoms. The monoisotopic (exact) mass is 276 g/mol. The first-order chi connectivity index (χ1) is 9.54. The Morgan fingerprint density at radius 1 is 1.45 bits per heavy atom. The Hall–Kier alpha value is -2.50. The Labute approximate surface area is 116 Å². The van der Waals surface area contributed by atoms with E-state index in [0.717, 1.165) is 12.8 Å². The summed E-state index contributed by atoms with van der Waals surface area (Å²) in [4.78, 5) is 24.7. The van der Waals surface area contributed by atoms with Crippen molar-refractivity contribution in [3.63, 3.8) is 0 Å². The van der Waals surface area contributed by atoms with Crippen LogP contribution in [-0.2, 0) is 0 Å². The van der Waals surface area contributed by atoms with E-state index in [9.17, 15) is 14.7 Å². The van der Waals surface area contributed by atoms with Crippen LogP contribution in [0.2, 0.25) is 0 Å². The van der Waals surface area contributed by atoms with Gasteiger partial charge in [-0.3, -0.25) is 0 Å². The number of hydrogen-bond donors (Lipinski definition) is 3. The second-order valence-corrected chi connectivity index (χ2v) is 4.61. The minimum atomic E-state index is -1.25. The van der Waals surface area contributed by atoms with Gasteiger partial charge in [0.1, 0.15) is 5.56 Å². The van der Waals surface area contributed by atoms with Crippen LogP contribution >= 0.6 is 0 Å². The first kappa shape index (κ1) is 13.9. The summed E-state index contributed by atoms with van der Waals surface area (Å²) in [6.45, 7) is 4.02. The molecule has 0 bridgehead atoms. The van der Waals surface area contributed by atoms with Gasteiger partial charge in [0.05, 0.1) is 5.69 Å². The fourth-order valence-corrected chi connectivity index (χ4v) is 1.93. The molecule has 20 heavy (non-hydrogen) atoms. The maximum Gasteiger partial charge on any atom is 0.339 e. The van der Waals surface area contributed by atoms with Crippen LogP contribution in [0.15, 0.2) is 30.9 Å². The molecule has 1 aliphatic rings. The number of para-hydroxylation sites is 1. The van der Waals surface area contributed by atoms with Crippen LogP contribution in [0.4, 0.5) is 10.5 Å². The number of phenols is 1. The third-order valence-electron chi connectivity index (χ3n) is 3.08.